The van der Waals surface area contributed by atoms with Gasteiger partial charge in [-0.3, -0.25) is 20.6 Å². The van der Waals surface area contributed by atoms with Gasteiger partial charge in [0.1, 0.15) is 12.2 Å². The van der Waals surface area contributed by atoms with Gasteiger partial charge in [-0.15, -0.1) is 13.2 Å². The number of ether oxygens (including phenoxy) is 1. The number of carbonyl (C=O) groups is 1. The molecule has 0 aliphatic heterocycles. The van der Waals surface area contributed by atoms with Crippen LogP contribution in [-0.4, -0.2) is 28.4 Å². The highest BCUT2D eigenvalue weighted by molar-refractivity contribution is 5.77. The maximum atomic E-state index is 12.1. The van der Waals surface area contributed by atoms with Crippen LogP contribution < -0.4 is 15.6 Å². The van der Waals surface area contributed by atoms with Crippen LogP contribution in [0.4, 0.5) is 32.2 Å². The van der Waals surface area contributed by atoms with Crippen LogP contribution in [0, 0.1) is 0 Å². The van der Waals surface area contributed by atoms with Crippen molar-refractivity contribution in [1.29, 1.82) is 0 Å². The first-order chi connectivity index (χ1) is 12.0. The Labute approximate surface area is 142 Å². The number of alkyl halides is 6. The molecule has 1 amide bonds. The van der Waals surface area contributed by atoms with Gasteiger partial charge < -0.3 is 4.74 Å². The first kappa shape index (κ1) is 19.3. The number of amides is 1. The van der Waals surface area contributed by atoms with Crippen molar-refractivity contribution in [2.45, 2.75) is 19.0 Å². The predicted octanol–water partition coefficient (Wildman–Crippen LogP) is 3.44. The van der Waals surface area contributed by atoms with Crippen molar-refractivity contribution >= 4 is 11.7 Å². The van der Waals surface area contributed by atoms with E-state index in [1.54, 1.807) is 0 Å². The van der Waals surface area contributed by atoms with Crippen molar-refractivity contribution in [1.82, 2.24) is 15.4 Å². The fourth-order valence-corrected chi connectivity index (χ4v) is 1.73. The van der Waals surface area contributed by atoms with E-state index in [1.165, 1.54) is 18.3 Å². The van der Waals surface area contributed by atoms with Gasteiger partial charge in [-0.05, 0) is 24.3 Å². The number of nitrogens with one attached hydrogen (secondary N) is 2. The normalized spacial score (nSPS) is 11.8. The standard InChI is InChI=1S/C14H10F6N4O2/c15-13(16,17)5-12(25)24-23-11-7-21-10(6-22-11)8-1-3-9(4-2-8)26-14(18,19)20/h1-4,6-7H,5H2,(H,22,23)(H,24,25). The molecule has 140 valence electrons. The van der Waals surface area contributed by atoms with E-state index in [-0.39, 0.29) is 11.5 Å². The molecule has 12 heteroatoms. The number of hydrogen-bond donors (Lipinski definition) is 2. The third-order valence-corrected chi connectivity index (χ3v) is 2.73. The van der Waals surface area contributed by atoms with E-state index >= 15 is 0 Å². The quantitative estimate of drug-likeness (QED) is 0.614. The second kappa shape index (κ2) is 7.45. The molecular weight excluding hydrogens is 370 g/mol. The summed E-state index contributed by atoms with van der Waals surface area (Å²) in [5.74, 6) is -1.73. The summed E-state index contributed by atoms with van der Waals surface area (Å²) in [5, 5.41) is 0. The van der Waals surface area contributed by atoms with Gasteiger partial charge in [0, 0.05) is 5.56 Å². The molecule has 0 fully saturated rings. The van der Waals surface area contributed by atoms with E-state index in [0.717, 1.165) is 18.3 Å². The summed E-state index contributed by atoms with van der Waals surface area (Å²) < 4.78 is 76.0. The molecule has 0 aliphatic rings. The lowest BCUT2D eigenvalue weighted by molar-refractivity contribution is -0.274. The zero-order valence-electron chi connectivity index (χ0n) is 12.6. The molecule has 0 saturated heterocycles. The van der Waals surface area contributed by atoms with Gasteiger partial charge in [-0.2, -0.15) is 13.2 Å². The Kier molecular flexibility index (Phi) is 5.53. The van der Waals surface area contributed by atoms with Crippen molar-refractivity contribution in [3.8, 4) is 17.0 Å². The molecule has 0 atom stereocenters. The second-order valence-corrected chi connectivity index (χ2v) is 4.82. The van der Waals surface area contributed by atoms with Crippen LogP contribution in [0.1, 0.15) is 6.42 Å². The molecule has 26 heavy (non-hydrogen) atoms. The Balaban J connectivity index is 1.95. The minimum atomic E-state index is -4.80. The zero-order chi connectivity index (χ0) is 19.4. The summed E-state index contributed by atoms with van der Waals surface area (Å²) >= 11 is 0. The first-order valence-electron chi connectivity index (χ1n) is 6.82. The maximum absolute atomic E-state index is 12.1. The van der Waals surface area contributed by atoms with Gasteiger partial charge in [0.2, 0.25) is 5.91 Å². The second-order valence-electron chi connectivity index (χ2n) is 4.82. The number of nitrogens with zero attached hydrogens (tertiary/aromatic N) is 2. The van der Waals surface area contributed by atoms with Gasteiger partial charge in [0.25, 0.3) is 0 Å². The molecular formula is C14H10F6N4O2. The van der Waals surface area contributed by atoms with Crippen molar-refractivity contribution in [3.63, 3.8) is 0 Å². The van der Waals surface area contributed by atoms with Gasteiger partial charge in [0.15, 0.2) is 5.82 Å². The minimum absolute atomic E-state index is 0.0266. The Morgan fingerprint density at radius 3 is 2.15 bits per heavy atom. The number of hydrogen-bond acceptors (Lipinski definition) is 5. The lowest BCUT2D eigenvalue weighted by atomic mass is 10.1. The van der Waals surface area contributed by atoms with Crippen molar-refractivity contribution in [2.24, 2.45) is 0 Å². The number of aromatic nitrogens is 2. The van der Waals surface area contributed by atoms with Crippen LogP contribution in [0.3, 0.4) is 0 Å². The van der Waals surface area contributed by atoms with Crippen LogP contribution in [0.5, 0.6) is 5.75 Å². The third-order valence-electron chi connectivity index (χ3n) is 2.73. The number of halogens is 6. The molecule has 2 aromatic rings. The summed E-state index contributed by atoms with van der Waals surface area (Å²) in [6.07, 6.45) is -8.74. The Morgan fingerprint density at radius 2 is 1.65 bits per heavy atom. The van der Waals surface area contributed by atoms with Crippen LogP contribution in [0.25, 0.3) is 11.3 Å². The Bertz CT molecular complexity index is 744. The van der Waals surface area contributed by atoms with Crippen LogP contribution in [0.2, 0.25) is 0 Å². The average Bonchev–Trinajstić information content (AvgIpc) is 2.51. The smallest absolute Gasteiger partial charge is 0.406 e. The first-order valence-corrected chi connectivity index (χ1v) is 6.82. The topological polar surface area (TPSA) is 76.1 Å². The minimum Gasteiger partial charge on any atom is -0.406 e. The lowest BCUT2D eigenvalue weighted by Gasteiger charge is -2.10. The number of hydrazine groups is 1. The highest BCUT2D eigenvalue weighted by atomic mass is 19.4. The van der Waals surface area contributed by atoms with Crippen molar-refractivity contribution in [2.75, 3.05) is 5.43 Å². The van der Waals surface area contributed by atoms with Gasteiger partial charge >= 0.3 is 12.5 Å². The maximum Gasteiger partial charge on any atom is 0.573 e. The monoisotopic (exact) mass is 380 g/mol. The fourth-order valence-electron chi connectivity index (χ4n) is 1.73. The molecule has 1 aromatic carbocycles. The molecule has 0 saturated carbocycles. The number of benzene rings is 1. The number of anilines is 1. The van der Waals surface area contributed by atoms with E-state index in [1.807, 2.05) is 5.43 Å². The summed E-state index contributed by atoms with van der Waals surface area (Å²) in [6.45, 7) is 0. The Hall–Kier alpha value is -3.05. The molecule has 0 spiro atoms. The van der Waals surface area contributed by atoms with E-state index in [4.69, 9.17) is 0 Å². The van der Waals surface area contributed by atoms with Gasteiger partial charge in [-0.25, -0.2) is 4.98 Å². The lowest BCUT2D eigenvalue weighted by Crippen LogP contribution is -2.33. The van der Waals surface area contributed by atoms with Gasteiger partial charge in [-0.1, -0.05) is 0 Å². The molecule has 2 N–H and O–H groups in total. The summed E-state index contributed by atoms with van der Waals surface area (Å²) in [5.41, 5.74) is 4.69. The predicted molar refractivity (Wildman–Crippen MR) is 76.6 cm³/mol. The molecule has 1 aromatic heterocycles. The molecule has 0 radical (unpaired) electrons. The molecule has 0 bridgehead atoms. The SMILES string of the molecule is O=C(CC(F)(F)F)NNc1cnc(-c2ccc(OC(F)(F)F)cc2)cn1. The van der Waals surface area contributed by atoms with E-state index in [9.17, 15) is 31.1 Å². The average molecular weight is 380 g/mol. The Morgan fingerprint density at radius 1 is 1.00 bits per heavy atom. The molecule has 2 rings (SSSR count). The largest absolute Gasteiger partial charge is 0.573 e. The van der Waals surface area contributed by atoms with E-state index in [0.29, 0.717) is 5.56 Å². The number of rotatable bonds is 5. The molecule has 0 unspecified atom stereocenters. The summed E-state index contributed by atoms with van der Waals surface area (Å²) in [6, 6.07) is 4.83. The highest BCUT2D eigenvalue weighted by Crippen LogP contribution is 2.25. The molecule has 0 aliphatic carbocycles. The van der Waals surface area contributed by atoms with Crippen LogP contribution >= 0.6 is 0 Å². The van der Waals surface area contributed by atoms with E-state index < -0.39 is 30.6 Å². The zero-order valence-corrected chi connectivity index (χ0v) is 12.6. The van der Waals surface area contributed by atoms with Crippen LogP contribution in [0.15, 0.2) is 36.7 Å². The van der Waals surface area contributed by atoms with Crippen molar-refractivity contribution in [3.05, 3.63) is 36.7 Å². The summed E-state index contributed by atoms with van der Waals surface area (Å²) in [7, 11) is 0. The number of carbonyl (C=O) groups excluding carboxylic acids is 1. The highest BCUT2D eigenvalue weighted by Gasteiger charge is 2.31. The fraction of sp³-hybridized carbons (Fsp3) is 0.214. The third kappa shape index (κ3) is 6.45. The summed E-state index contributed by atoms with van der Waals surface area (Å²) in [4.78, 5) is 18.8. The van der Waals surface area contributed by atoms with Crippen LogP contribution in [-0.2, 0) is 4.79 Å². The van der Waals surface area contributed by atoms with Gasteiger partial charge in [0.05, 0.1) is 18.1 Å². The van der Waals surface area contributed by atoms with Crippen molar-refractivity contribution < 1.29 is 35.9 Å². The van der Waals surface area contributed by atoms with E-state index in [2.05, 4.69) is 20.1 Å². The molecule has 6 nitrogen and oxygen atoms in total. The molecule has 1 heterocycles.